The summed E-state index contributed by atoms with van der Waals surface area (Å²) in [5, 5.41) is 0. The van der Waals surface area contributed by atoms with E-state index in [2.05, 4.69) is 63.1 Å². The highest BCUT2D eigenvalue weighted by Crippen LogP contribution is 2.37. The van der Waals surface area contributed by atoms with Gasteiger partial charge in [-0.15, -0.1) is 0 Å². The lowest BCUT2D eigenvalue weighted by Gasteiger charge is -2.37. The Morgan fingerprint density at radius 1 is 0.812 bits per heavy atom. The van der Waals surface area contributed by atoms with Crippen molar-refractivity contribution >= 4 is 11.5 Å². The molecule has 1 aliphatic rings. The minimum atomic E-state index is -0.0203. The SMILES string of the molecule is CCCCCCCCC(=O)C1=CN(c2ccc(CCCCCCCC)cc2)CCC1(C)C. The van der Waals surface area contributed by atoms with E-state index in [1.165, 1.54) is 88.3 Å². The maximum Gasteiger partial charge on any atom is 0.160 e. The molecular formula is C30H49NO. The lowest BCUT2D eigenvalue weighted by Crippen LogP contribution is -2.35. The van der Waals surface area contributed by atoms with Crippen molar-refractivity contribution in [1.82, 2.24) is 0 Å². The summed E-state index contributed by atoms with van der Waals surface area (Å²) in [6.07, 6.45) is 20.5. The van der Waals surface area contributed by atoms with Crippen LogP contribution in [0.2, 0.25) is 0 Å². The van der Waals surface area contributed by atoms with Gasteiger partial charge in [0.05, 0.1) is 0 Å². The molecule has 32 heavy (non-hydrogen) atoms. The van der Waals surface area contributed by atoms with Gasteiger partial charge in [0.1, 0.15) is 0 Å². The molecule has 0 aliphatic carbocycles. The van der Waals surface area contributed by atoms with Crippen LogP contribution in [0.15, 0.2) is 36.0 Å². The monoisotopic (exact) mass is 439 g/mol. The van der Waals surface area contributed by atoms with Crippen LogP contribution in [0.4, 0.5) is 5.69 Å². The summed E-state index contributed by atoms with van der Waals surface area (Å²) in [6.45, 7) is 9.97. The molecule has 1 heterocycles. The second kappa shape index (κ2) is 14.6. The van der Waals surface area contributed by atoms with Crippen molar-refractivity contribution in [3.8, 4) is 0 Å². The zero-order chi connectivity index (χ0) is 23.2. The van der Waals surface area contributed by atoms with Gasteiger partial charge in [0.25, 0.3) is 0 Å². The van der Waals surface area contributed by atoms with E-state index in [9.17, 15) is 4.79 Å². The molecular weight excluding hydrogens is 390 g/mol. The molecule has 1 aromatic carbocycles. The van der Waals surface area contributed by atoms with Gasteiger partial charge in [-0.2, -0.15) is 0 Å². The highest BCUT2D eigenvalue weighted by atomic mass is 16.1. The third-order valence-electron chi connectivity index (χ3n) is 7.14. The molecule has 0 atom stereocenters. The van der Waals surface area contributed by atoms with Crippen molar-refractivity contribution in [2.75, 3.05) is 11.4 Å². The van der Waals surface area contributed by atoms with Crippen molar-refractivity contribution in [2.45, 2.75) is 124 Å². The van der Waals surface area contributed by atoms with E-state index < -0.39 is 0 Å². The predicted octanol–water partition coefficient (Wildman–Crippen LogP) is 9.03. The number of nitrogens with zero attached hydrogens (tertiary/aromatic N) is 1. The van der Waals surface area contributed by atoms with Crippen LogP contribution in [0.3, 0.4) is 0 Å². The molecule has 0 bridgehead atoms. The van der Waals surface area contributed by atoms with Gasteiger partial charge in [0.2, 0.25) is 0 Å². The quantitative estimate of drug-likeness (QED) is 0.239. The summed E-state index contributed by atoms with van der Waals surface area (Å²) in [7, 11) is 0. The van der Waals surface area contributed by atoms with Gasteiger partial charge in [-0.25, -0.2) is 0 Å². The average Bonchev–Trinajstić information content (AvgIpc) is 2.78. The number of hydrogen-bond acceptors (Lipinski definition) is 2. The number of Topliss-reactive ketones (excluding diaryl/α,β-unsaturated/α-hetero) is 1. The molecule has 2 heteroatoms. The summed E-state index contributed by atoms with van der Waals surface area (Å²) >= 11 is 0. The van der Waals surface area contributed by atoms with E-state index >= 15 is 0 Å². The normalized spacial score (nSPS) is 15.6. The number of benzene rings is 1. The number of allylic oxidation sites excluding steroid dienone is 1. The van der Waals surface area contributed by atoms with E-state index in [0.29, 0.717) is 12.2 Å². The number of carbonyl (C=O) groups excluding carboxylic acids is 1. The molecule has 1 aromatic rings. The summed E-state index contributed by atoms with van der Waals surface area (Å²) in [5.41, 5.74) is 3.66. The topological polar surface area (TPSA) is 20.3 Å². The van der Waals surface area contributed by atoms with Crippen LogP contribution < -0.4 is 4.90 Å². The molecule has 0 saturated carbocycles. The van der Waals surface area contributed by atoms with Crippen LogP contribution in [-0.4, -0.2) is 12.3 Å². The van der Waals surface area contributed by atoms with Gasteiger partial charge < -0.3 is 4.90 Å². The fourth-order valence-electron chi connectivity index (χ4n) is 4.75. The Kier molecular flexibility index (Phi) is 12.1. The van der Waals surface area contributed by atoms with Crippen molar-refractivity contribution < 1.29 is 4.79 Å². The lowest BCUT2D eigenvalue weighted by atomic mass is 9.76. The molecule has 2 rings (SSSR count). The second-order valence-electron chi connectivity index (χ2n) is 10.5. The maximum absolute atomic E-state index is 13.1. The molecule has 0 radical (unpaired) electrons. The number of rotatable bonds is 16. The van der Waals surface area contributed by atoms with Crippen molar-refractivity contribution in [3.63, 3.8) is 0 Å². The highest BCUT2D eigenvalue weighted by molar-refractivity contribution is 5.97. The van der Waals surface area contributed by atoms with Crippen LogP contribution >= 0.6 is 0 Å². The van der Waals surface area contributed by atoms with Crippen LogP contribution in [0.1, 0.15) is 123 Å². The Labute approximate surface area is 198 Å². The maximum atomic E-state index is 13.1. The van der Waals surface area contributed by atoms with Gasteiger partial charge in [0.15, 0.2) is 5.78 Å². The fourth-order valence-corrected chi connectivity index (χ4v) is 4.75. The molecule has 1 aliphatic heterocycles. The molecule has 0 aromatic heterocycles. The first-order valence-electron chi connectivity index (χ1n) is 13.6. The zero-order valence-electron chi connectivity index (χ0n) is 21.6. The molecule has 0 unspecified atom stereocenters. The number of anilines is 1. The summed E-state index contributed by atoms with van der Waals surface area (Å²) in [5.74, 6) is 0.356. The molecule has 0 saturated heterocycles. The molecule has 0 fully saturated rings. The minimum absolute atomic E-state index is 0.0203. The number of carbonyl (C=O) groups is 1. The minimum Gasteiger partial charge on any atom is -0.348 e. The largest absolute Gasteiger partial charge is 0.348 e. The van der Waals surface area contributed by atoms with Crippen LogP contribution in [0.5, 0.6) is 0 Å². The van der Waals surface area contributed by atoms with Crippen LogP contribution in [0.25, 0.3) is 0 Å². The Balaban J connectivity index is 1.88. The average molecular weight is 440 g/mol. The first-order chi connectivity index (χ1) is 15.5. The van der Waals surface area contributed by atoms with E-state index in [4.69, 9.17) is 0 Å². The first kappa shape index (κ1) is 26.7. The Morgan fingerprint density at radius 3 is 2.00 bits per heavy atom. The number of hydrogen-bond donors (Lipinski definition) is 0. The Morgan fingerprint density at radius 2 is 1.38 bits per heavy atom. The summed E-state index contributed by atoms with van der Waals surface area (Å²) in [4.78, 5) is 15.4. The van der Waals surface area contributed by atoms with E-state index in [1.54, 1.807) is 0 Å². The first-order valence-corrected chi connectivity index (χ1v) is 13.6. The van der Waals surface area contributed by atoms with Crippen molar-refractivity contribution in [1.29, 1.82) is 0 Å². The van der Waals surface area contributed by atoms with Crippen LogP contribution in [0, 0.1) is 5.41 Å². The van der Waals surface area contributed by atoms with Crippen molar-refractivity contribution in [2.24, 2.45) is 5.41 Å². The molecule has 2 nitrogen and oxygen atoms in total. The Bertz CT molecular complexity index is 685. The third kappa shape index (κ3) is 9.12. The van der Waals surface area contributed by atoms with E-state index in [0.717, 1.165) is 25.0 Å². The standard InChI is InChI=1S/C30H49NO/c1-5-7-9-11-13-15-17-26-19-21-27(22-20-26)31-24-23-30(3,4)28(25-31)29(32)18-16-14-12-10-8-6-2/h19-22,25H,5-18,23-24H2,1-4H3. The second-order valence-corrected chi connectivity index (χ2v) is 10.5. The van der Waals surface area contributed by atoms with Gasteiger partial charge in [0, 0.05) is 30.4 Å². The van der Waals surface area contributed by atoms with Gasteiger partial charge in [-0.3, -0.25) is 4.79 Å². The summed E-state index contributed by atoms with van der Waals surface area (Å²) in [6, 6.07) is 9.06. The molecule has 0 N–H and O–H groups in total. The molecule has 180 valence electrons. The smallest absolute Gasteiger partial charge is 0.160 e. The number of ketones is 1. The molecule has 0 amide bonds. The zero-order valence-corrected chi connectivity index (χ0v) is 21.6. The predicted molar refractivity (Wildman–Crippen MR) is 140 cm³/mol. The van der Waals surface area contributed by atoms with Crippen LogP contribution in [-0.2, 0) is 11.2 Å². The van der Waals surface area contributed by atoms with Gasteiger partial charge in [-0.05, 0) is 48.8 Å². The fraction of sp³-hybridized carbons (Fsp3) is 0.700. The van der Waals surface area contributed by atoms with E-state index in [1.807, 2.05) is 0 Å². The van der Waals surface area contributed by atoms with E-state index in [-0.39, 0.29) is 5.41 Å². The van der Waals surface area contributed by atoms with Crippen molar-refractivity contribution in [3.05, 3.63) is 41.6 Å². The third-order valence-corrected chi connectivity index (χ3v) is 7.14. The van der Waals surface area contributed by atoms with Gasteiger partial charge >= 0.3 is 0 Å². The lowest BCUT2D eigenvalue weighted by molar-refractivity contribution is -0.116. The number of aryl methyl sites for hydroxylation is 1. The highest BCUT2D eigenvalue weighted by Gasteiger charge is 2.32. The summed E-state index contributed by atoms with van der Waals surface area (Å²) < 4.78 is 0. The Hall–Kier alpha value is -1.57. The number of unbranched alkanes of at least 4 members (excludes halogenated alkanes) is 10. The molecule has 0 spiro atoms. The van der Waals surface area contributed by atoms with Gasteiger partial charge in [-0.1, -0.05) is 104 Å².